The molecule has 1 saturated heterocycles. The van der Waals surface area contributed by atoms with Crippen LogP contribution in [0.4, 0.5) is 5.69 Å². The smallest absolute Gasteiger partial charge is 0.138 e. The van der Waals surface area contributed by atoms with Crippen LogP contribution >= 0.6 is 0 Å². The molecule has 5 aromatic rings. The first-order valence-corrected chi connectivity index (χ1v) is 10.6. The molecule has 1 aliphatic heterocycles. The number of fused-ring (bicyclic) bond motifs is 2. The number of nitrogens with two attached hydrogens (primary N) is 1. The van der Waals surface area contributed by atoms with E-state index in [0.29, 0.717) is 0 Å². The Morgan fingerprint density at radius 1 is 0.750 bits per heavy atom. The predicted molar refractivity (Wildman–Crippen MR) is 129 cm³/mol. The number of quaternary nitrogens is 1. The van der Waals surface area contributed by atoms with Crippen LogP contribution in [0.25, 0.3) is 44.8 Å². The van der Waals surface area contributed by atoms with Crippen molar-refractivity contribution in [3.05, 3.63) is 60.7 Å². The molecule has 0 aliphatic carbocycles. The first kappa shape index (κ1) is 20.1. The van der Waals surface area contributed by atoms with Gasteiger partial charge in [-0.3, -0.25) is 0 Å². The number of phenolic OH excluding ortho intramolecular Hbond substituents is 1. The standard InChI is InChI=1S/C24H22N6O.CH4/c31-18-5-1-15(2-6-18)23-26-19-7-3-16(13-21(19)28-23)24-27-20-8-4-17(14-22(20)29-24)30-11-9-25-10-12-30;/h1-8,13-14,25,31H,9-12H2,(H,26,28)(H,27,29);1H4/p+1. The molecule has 32 heavy (non-hydrogen) atoms. The zero-order valence-electron chi connectivity index (χ0n) is 17.0. The molecule has 3 heterocycles. The molecule has 0 atom stereocenters. The highest BCUT2D eigenvalue weighted by molar-refractivity contribution is 5.87. The number of piperazine rings is 1. The zero-order chi connectivity index (χ0) is 20.8. The van der Waals surface area contributed by atoms with E-state index in [1.165, 1.54) is 5.69 Å². The number of H-pyrrole nitrogens is 2. The van der Waals surface area contributed by atoms with Crippen molar-refractivity contribution in [2.24, 2.45) is 0 Å². The Labute approximate surface area is 186 Å². The van der Waals surface area contributed by atoms with Crippen molar-refractivity contribution >= 4 is 27.8 Å². The lowest BCUT2D eigenvalue weighted by Crippen LogP contribution is -2.89. The number of aromatic amines is 2. The molecule has 0 spiro atoms. The Morgan fingerprint density at radius 2 is 1.34 bits per heavy atom. The number of phenols is 1. The maximum atomic E-state index is 9.51. The summed E-state index contributed by atoms with van der Waals surface area (Å²) in [6.45, 7) is 4.43. The Bertz CT molecular complexity index is 1380. The second-order valence-electron chi connectivity index (χ2n) is 8.00. The van der Waals surface area contributed by atoms with E-state index in [0.717, 1.165) is 71.0 Å². The molecule has 3 aromatic carbocycles. The molecule has 0 bridgehead atoms. The van der Waals surface area contributed by atoms with Gasteiger partial charge in [0.2, 0.25) is 0 Å². The largest absolute Gasteiger partial charge is 0.508 e. The molecule has 0 radical (unpaired) electrons. The van der Waals surface area contributed by atoms with Crippen molar-refractivity contribution in [1.82, 2.24) is 19.9 Å². The van der Waals surface area contributed by atoms with Gasteiger partial charge >= 0.3 is 0 Å². The third-order valence-corrected chi connectivity index (χ3v) is 5.93. The molecule has 6 rings (SSSR count). The lowest BCUT2D eigenvalue weighted by Gasteiger charge is -2.27. The molecular weight excluding hydrogens is 400 g/mol. The van der Waals surface area contributed by atoms with E-state index in [2.05, 4.69) is 49.4 Å². The summed E-state index contributed by atoms with van der Waals surface area (Å²) in [7, 11) is 0. The summed E-state index contributed by atoms with van der Waals surface area (Å²) < 4.78 is 0. The van der Waals surface area contributed by atoms with Gasteiger partial charge in [0, 0.05) is 16.8 Å². The molecular formula is C25H27N6O+. The van der Waals surface area contributed by atoms with Crippen LogP contribution in [0.1, 0.15) is 7.43 Å². The SMILES string of the molecule is C.Oc1ccc(-c2nc3ccc(-c4nc5ccc(N6CC[NH2+]CC6)cc5[nH]4)cc3[nH]2)cc1. The van der Waals surface area contributed by atoms with E-state index in [1.807, 2.05) is 24.3 Å². The molecule has 1 aliphatic rings. The van der Waals surface area contributed by atoms with Crippen LogP contribution < -0.4 is 10.2 Å². The van der Waals surface area contributed by atoms with Crippen molar-refractivity contribution in [2.45, 2.75) is 7.43 Å². The number of nitrogens with zero attached hydrogens (tertiary/aromatic N) is 3. The third kappa shape index (κ3) is 3.56. The topological polar surface area (TPSA) is 97.4 Å². The Morgan fingerprint density at radius 3 is 2.06 bits per heavy atom. The van der Waals surface area contributed by atoms with Gasteiger partial charge in [-0.25, -0.2) is 9.97 Å². The number of aromatic nitrogens is 4. The Hall–Kier alpha value is -3.84. The summed E-state index contributed by atoms with van der Waals surface area (Å²) in [5.41, 5.74) is 7.06. The molecule has 5 N–H and O–H groups in total. The second-order valence-corrected chi connectivity index (χ2v) is 8.00. The fraction of sp³-hybridized carbons (Fsp3) is 0.200. The van der Waals surface area contributed by atoms with Crippen LogP contribution in [0, 0.1) is 0 Å². The van der Waals surface area contributed by atoms with Crippen molar-refractivity contribution in [3.8, 4) is 28.5 Å². The van der Waals surface area contributed by atoms with Gasteiger partial charge in [-0.15, -0.1) is 0 Å². The normalized spacial score (nSPS) is 14.1. The lowest BCUT2D eigenvalue weighted by molar-refractivity contribution is -0.655. The summed E-state index contributed by atoms with van der Waals surface area (Å²) in [6.07, 6.45) is 0. The summed E-state index contributed by atoms with van der Waals surface area (Å²) in [5.74, 6) is 1.87. The van der Waals surface area contributed by atoms with Crippen molar-refractivity contribution < 1.29 is 10.4 Å². The molecule has 1 fully saturated rings. The fourth-order valence-electron chi connectivity index (χ4n) is 4.25. The number of anilines is 1. The van der Waals surface area contributed by atoms with Gasteiger partial charge in [-0.1, -0.05) is 7.43 Å². The van der Waals surface area contributed by atoms with E-state index >= 15 is 0 Å². The van der Waals surface area contributed by atoms with Crippen molar-refractivity contribution in [1.29, 1.82) is 0 Å². The average Bonchev–Trinajstić information content (AvgIpc) is 3.43. The van der Waals surface area contributed by atoms with Gasteiger partial charge in [0.1, 0.15) is 17.4 Å². The van der Waals surface area contributed by atoms with Gasteiger partial charge in [-0.2, -0.15) is 0 Å². The molecule has 0 amide bonds. The first-order chi connectivity index (χ1) is 15.2. The van der Waals surface area contributed by atoms with Crippen LogP contribution in [0.3, 0.4) is 0 Å². The van der Waals surface area contributed by atoms with Crippen LogP contribution in [-0.4, -0.2) is 51.2 Å². The van der Waals surface area contributed by atoms with Crippen molar-refractivity contribution in [2.75, 3.05) is 31.1 Å². The van der Waals surface area contributed by atoms with E-state index in [9.17, 15) is 5.11 Å². The number of aromatic hydroxyl groups is 1. The predicted octanol–water partition coefficient (Wildman–Crippen LogP) is 3.50. The quantitative estimate of drug-likeness (QED) is 0.354. The highest BCUT2D eigenvalue weighted by atomic mass is 16.3. The van der Waals surface area contributed by atoms with Gasteiger partial charge < -0.3 is 25.3 Å². The Kier molecular flexibility index (Phi) is 5.03. The summed E-state index contributed by atoms with van der Waals surface area (Å²) in [6, 6.07) is 19.6. The second kappa shape index (κ2) is 8.01. The summed E-state index contributed by atoms with van der Waals surface area (Å²) >= 11 is 0. The van der Waals surface area contributed by atoms with Crippen molar-refractivity contribution in [3.63, 3.8) is 0 Å². The molecule has 162 valence electrons. The molecule has 7 heteroatoms. The van der Waals surface area contributed by atoms with E-state index in [1.54, 1.807) is 12.1 Å². The third-order valence-electron chi connectivity index (χ3n) is 5.93. The van der Waals surface area contributed by atoms with E-state index in [4.69, 9.17) is 4.98 Å². The highest BCUT2D eigenvalue weighted by Crippen LogP contribution is 2.28. The number of nitrogens with one attached hydrogen (secondary N) is 2. The van der Waals surface area contributed by atoms with Crippen LogP contribution in [0.5, 0.6) is 5.75 Å². The highest BCUT2D eigenvalue weighted by Gasteiger charge is 2.15. The maximum Gasteiger partial charge on any atom is 0.138 e. The minimum Gasteiger partial charge on any atom is -0.508 e. The number of rotatable bonds is 3. The fourth-order valence-corrected chi connectivity index (χ4v) is 4.25. The minimum atomic E-state index is 0. The molecule has 0 unspecified atom stereocenters. The number of hydrogen-bond acceptors (Lipinski definition) is 4. The average molecular weight is 428 g/mol. The summed E-state index contributed by atoms with van der Waals surface area (Å²) in [5, 5.41) is 11.9. The van der Waals surface area contributed by atoms with E-state index < -0.39 is 0 Å². The first-order valence-electron chi connectivity index (χ1n) is 10.6. The van der Waals surface area contributed by atoms with Gasteiger partial charge in [0.15, 0.2) is 0 Å². The number of benzene rings is 3. The van der Waals surface area contributed by atoms with Crippen LogP contribution in [0.15, 0.2) is 60.7 Å². The maximum absolute atomic E-state index is 9.51. The van der Waals surface area contributed by atoms with Crippen LogP contribution in [0.2, 0.25) is 0 Å². The number of hydrogen-bond donors (Lipinski definition) is 4. The zero-order valence-corrected chi connectivity index (χ0v) is 17.0. The van der Waals surface area contributed by atoms with Gasteiger partial charge in [0.25, 0.3) is 0 Å². The lowest BCUT2D eigenvalue weighted by atomic mass is 10.2. The number of imidazole rings is 2. The van der Waals surface area contributed by atoms with Gasteiger partial charge in [0.05, 0.1) is 48.2 Å². The molecule has 0 saturated carbocycles. The Balaban J connectivity index is 0.00000216. The minimum absolute atomic E-state index is 0. The molecule has 2 aromatic heterocycles. The van der Waals surface area contributed by atoms with Crippen LogP contribution in [-0.2, 0) is 0 Å². The summed E-state index contributed by atoms with van der Waals surface area (Å²) in [4.78, 5) is 18.8. The van der Waals surface area contributed by atoms with Gasteiger partial charge in [-0.05, 0) is 60.7 Å². The van der Waals surface area contributed by atoms with E-state index in [-0.39, 0.29) is 13.2 Å². The monoisotopic (exact) mass is 427 g/mol. The molecule has 7 nitrogen and oxygen atoms in total.